The van der Waals surface area contributed by atoms with Gasteiger partial charge in [0.25, 0.3) is 5.69 Å². The van der Waals surface area contributed by atoms with Crippen LogP contribution in [0.2, 0.25) is 0 Å². The van der Waals surface area contributed by atoms with E-state index in [-0.39, 0.29) is 5.69 Å². The SMILES string of the molecule is COc1cc(NCc2cccnc2)c([N+](=O)[O-])cc1OC. The summed E-state index contributed by atoms with van der Waals surface area (Å²) in [6, 6.07) is 6.57. The fourth-order valence-corrected chi connectivity index (χ4v) is 1.86. The van der Waals surface area contributed by atoms with Crippen LogP contribution >= 0.6 is 0 Å². The molecule has 0 fully saturated rings. The van der Waals surface area contributed by atoms with E-state index in [4.69, 9.17) is 9.47 Å². The zero-order valence-electron chi connectivity index (χ0n) is 11.7. The van der Waals surface area contributed by atoms with Gasteiger partial charge in [0.15, 0.2) is 11.5 Å². The fourth-order valence-electron chi connectivity index (χ4n) is 1.86. The van der Waals surface area contributed by atoms with Crippen LogP contribution in [-0.2, 0) is 6.54 Å². The number of hydrogen-bond acceptors (Lipinski definition) is 6. The normalized spacial score (nSPS) is 10.0. The topological polar surface area (TPSA) is 86.5 Å². The highest BCUT2D eigenvalue weighted by Crippen LogP contribution is 2.37. The zero-order valence-corrected chi connectivity index (χ0v) is 11.7. The monoisotopic (exact) mass is 289 g/mol. The van der Waals surface area contributed by atoms with Crippen molar-refractivity contribution >= 4 is 11.4 Å². The Bertz CT molecular complexity index is 632. The molecule has 0 amide bonds. The van der Waals surface area contributed by atoms with Crippen molar-refractivity contribution in [3.63, 3.8) is 0 Å². The summed E-state index contributed by atoms with van der Waals surface area (Å²) in [6.07, 6.45) is 3.36. The smallest absolute Gasteiger partial charge is 0.296 e. The highest BCUT2D eigenvalue weighted by Gasteiger charge is 2.19. The first-order chi connectivity index (χ1) is 10.2. The van der Waals surface area contributed by atoms with Gasteiger partial charge in [0, 0.05) is 25.0 Å². The lowest BCUT2D eigenvalue weighted by Crippen LogP contribution is -2.04. The van der Waals surface area contributed by atoms with E-state index in [2.05, 4.69) is 10.3 Å². The summed E-state index contributed by atoms with van der Waals surface area (Å²) < 4.78 is 10.2. The largest absolute Gasteiger partial charge is 0.493 e. The van der Waals surface area contributed by atoms with Crippen LogP contribution in [-0.4, -0.2) is 24.1 Å². The molecule has 0 saturated carbocycles. The molecule has 1 aromatic heterocycles. The minimum atomic E-state index is -0.465. The first-order valence-corrected chi connectivity index (χ1v) is 6.19. The minimum Gasteiger partial charge on any atom is -0.493 e. The molecule has 0 bridgehead atoms. The number of anilines is 1. The second-order valence-corrected chi connectivity index (χ2v) is 4.20. The first-order valence-electron chi connectivity index (χ1n) is 6.19. The number of nitro groups is 1. The molecule has 110 valence electrons. The molecular weight excluding hydrogens is 274 g/mol. The molecule has 21 heavy (non-hydrogen) atoms. The number of pyridine rings is 1. The predicted octanol–water partition coefficient (Wildman–Crippen LogP) is 2.62. The summed E-state index contributed by atoms with van der Waals surface area (Å²) in [5.41, 5.74) is 1.21. The van der Waals surface area contributed by atoms with E-state index in [0.717, 1.165) is 5.56 Å². The molecule has 0 aliphatic heterocycles. The molecular formula is C14H15N3O4. The van der Waals surface area contributed by atoms with Crippen LogP contribution in [0.3, 0.4) is 0 Å². The molecule has 0 radical (unpaired) electrons. The molecule has 1 aromatic carbocycles. The molecule has 0 unspecified atom stereocenters. The van der Waals surface area contributed by atoms with Gasteiger partial charge in [-0.1, -0.05) is 6.07 Å². The maximum absolute atomic E-state index is 11.2. The van der Waals surface area contributed by atoms with E-state index in [0.29, 0.717) is 23.7 Å². The second kappa shape index (κ2) is 6.56. The quantitative estimate of drug-likeness (QED) is 0.649. The van der Waals surface area contributed by atoms with Gasteiger partial charge < -0.3 is 14.8 Å². The maximum atomic E-state index is 11.2. The maximum Gasteiger partial charge on any atom is 0.296 e. The van der Waals surface area contributed by atoms with Gasteiger partial charge in [-0.3, -0.25) is 15.1 Å². The number of nitro benzene ring substituents is 1. The first kappa shape index (κ1) is 14.6. The average molecular weight is 289 g/mol. The number of nitrogens with one attached hydrogen (secondary N) is 1. The molecule has 0 atom stereocenters. The molecule has 1 N–H and O–H groups in total. The van der Waals surface area contributed by atoms with Crippen molar-refractivity contribution in [3.05, 3.63) is 52.3 Å². The summed E-state index contributed by atoms with van der Waals surface area (Å²) in [5, 5.41) is 14.2. The van der Waals surface area contributed by atoms with Crippen molar-refractivity contribution in [1.29, 1.82) is 0 Å². The molecule has 7 nitrogen and oxygen atoms in total. The van der Waals surface area contributed by atoms with Crippen LogP contribution in [0.25, 0.3) is 0 Å². The highest BCUT2D eigenvalue weighted by atomic mass is 16.6. The van der Waals surface area contributed by atoms with Crippen LogP contribution in [0, 0.1) is 10.1 Å². The van der Waals surface area contributed by atoms with E-state index >= 15 is 0 Å². The van der Waals surface area contributed by atoms with E-state index in [1.165, 1.54) is 20.3 Å². The van der Waals surface area contributed by atoms with Crippen LogP contribution in [0.15, 0.2) is 36.7 Å². The lowest BCUT2D eigenvalue weighted by molar-refractivity contribution is -0.384. The van der Waals surface area contributed by atoms with Crippen LogP contribution < -0.4 is 14.8 Å². The van der Waals surface area contributed by atoms with E-state index < -0.39 is 4.92 Å². The molecule has 0 aliphatic carbocycles. The van der Waals surface area contributed by atoms with E-state index in [1.54, 1.807) is 24.5 Å². The van der Waals surface area contributed by atoms with Crippen LogP contribution in [0.1, 0.15) is 5.56 Å². The van der Waals surface area contributed by atoms with Gasteiger partial charge in [0.05, 0.1) is 25.2 Å². The number of aromatic nitrogens is 1. The number of methoxy groups -OCH3 is 2. The van der Waals surface area contributed by atoms with E-state index in [1.807, 2.05) is 6.07 Å². The standard InChI is InChI=1S/C14H15N3O4/c1-20-13-6-11(12(17(18)19)7-14(13)21-2)16-9-10-4-3-5-15-8-10/h3-8,16H,9H2,1-2H3. The van der Waals surface area contributed by atoms with Crippen molar-refractivity contribution in [2.75, 3.05) is 19.5 Å². The molecule has 2 rings (SSSR count). The van der Waals surface area contributed by atoms with Crippen molar-refractivity contribution in [3.8, 4) is 11.5 Å². The Morgan fingerprint density at radius 2 is 2.00 bits per heavy atom. The molecule has 1 heterocycles. The van der Waals surface area contributed by atoms with Gasteiger partial charge >= 0.3 is 0 Å². The third-order valence-electron chi connectivity index (χ3n) is 2.90. The summed E-state index contributed by atoms with van der Waals surface area (Å²) in [5.74, 6) is 0.743. The van der Waals surface area contributed by atoms with Crippen molar-refractivity contribution in [2.45, 2.75) is 6.54 Å². The molecule has 0 spiro atoms. The molecule has 7 heteroatoms. The molecule has 0 aliphatic rings. The Morgan fingerprint density at radius 3 is 2.57 bits per heavy atom. The Labute approximate surface area is 121 Å². The lowest BCUT2D eigenvalue weighted by Gasteiger charge is -2.12. The predicted molar refractivity (Wildman–Crippen MR) is 77.8 cm³/mol. The summed E-state index contributed by atoms with van der Waals surface area (Å²) >= 11 is 0. The lowest BCUT2D eigenvalue weighted by atomic mass is 10.2. The van der Waals surface area contributed by atoms with E-state index in [9.17, 15) is 10.1 Å². The van der Waals surface area contributed by atoms with Crippen LogP contribution in [0.4, 0.5) is 11.4 Å². The van der Waals surface area contributed by atoms with Gasteiger partial charge in [-0.25, -0.2) is 0 Å². The van der Waals surface area contributed by atoms with Crippen LogP contribution in [0.5, 0.6) is 11.5 Å². The fraction of sp³-hybridized carbons (Fsp3) is 0.214. The Hall–Kier alpha value is -2.83. The average Bonchev–Trinajstić information content (AvgIpc) is 2.52. The Morgan fingerprint density at radius 1 is 1.29 bits per heavy atom. The highest BCUT2D eigenvalue weighted by molar-refractivity contribution is 5.68. The number of ether oxygens (including phenoxy) is 2. The van der Waals surface area contributed by atoms with Gasteiger partial charge in [-0.15, -0.1) is 0 Å². The summed E-state index contributed by atoms with van der Waals surface area (Å²) in [4.78, 5) is 14.7. The molecule has 0 saturated heterocycles. The Kier molecular flexibility index (Phi) is 4.55. The van der Waals surface area contributed by atoms with Gasteiger partial charge in [0.1, 0.15) is 5.69 Å². The summed E-state index contributed by atoms with van der Waals surface area (Å²) in [6.45, 7) is 0.421. The third-order valence-corrected chi connectivity index (χ3v) is 2.90. The second-order valence-electron chi connectivity index (χ2n) is 4.20. The Balaban J connectivity index is 2.30. The number of benzene rings is 1. The van der Waals surface area contributed by atoms with Crippen molar-refractivity contribution in [2.24, 2.45) is 0 Å². The molecule has 2 aromatic rings. The minimum absolute atomic E-state index is 0.0726. The number of hydrogen-bond donors (Lipinski definition) is 1. The van der Waals surface area contributed by atoms with Gasteiger partial charge in [0.2, 0.25) is 0 Å². The number of rotatable bonds is 6. The third kappa shape index (κ3) is 3.38. The van der Waals surface area contributed by atoms with Crippen molar-refractivity contribution in [1.82, 2.24) is 4.98 Å². The zero-order chi connectivity index (χ0) is 15.2. The van der Waals surface area contributed by atoms with Crippen molar-refractivity contribution < 1.29 is 14.4 Å². The van der Waals surface area contributed by atoms with Gasteiger partial charge in [-0.2, -0.15) is 0 Å². The number of nitrogens with zero attached hydrogens (tertiary/aromatic N) is 2. The summed E-state index contributed by atoms with van der Waals surface area (Å²) in [7, 11) is 2.92. The van der Waals surface area contributed by atoms with Gasteiger partial charge in [-0.05, 0) is 11.6 Å².